The molecule has 1 saturated heterocycles. The zero-order valence-corrected chi connectivity index (χ0v) is 7.99. The van der Waals surface area contributed by atoms with Gasteiger partial charge in [0.2, 0.25) is 0 Å². The van der Waals surface area contributed by atoms with Gasteiger partial charge in [0.25, 0.3) is 0 Å². The summed E-state index contributed by atoms with van der Waals surface area (Å²) in [5.74, 6) is 1.17. The van der Waals surface area contributed by atoms with Crippen LogP contribution in [0.1, 0.15) is 24.0 Å². The Morgan fingerprint density at radius 1 is 1.07 bits per heavy atom. The highest BCUT2D eigenvalue weighted by atomic mass is 16.5. The molecule has 2 aliphatic rings. The first-order valence-corrected chi connectivity index (χ1v) is 5.08. The SMILES string of the molecule is C1=Cc2ccccc2C1=C1CCCO1. The minimum Gasteiger partial charge on any atom is -0.497 e. The number of hydrogen-bond acceptors (Lipinski definition) is 1. The Morgan fingerprint density at radius 3 is 2.86 bits per heavy atom. The van der Waals surface area contributed by atoms with Crippen LogP contribution in [-0.4, -0.2) is 6.61 Å². The van der Waals surface area contributed by atoms with E-state index in [-0.39, 0.29) is 0 Å². The van der Waals surface area contributed by atoms with Gasteiger partial charge in [-0.25, -0.2) is 0 Å². The molecule has 0 spiro atoms. The second-order valence-electron chi connectivity index (χ2n) is 3.71. The molecule has 14 heavy (non-hydrogen) atoms. The van der Waals surface area contributed by atoms with Crippen molar-refractivity contribution in [3.63, 3.8) is 0 Å². The zero-order valence-electron chi connectivity index (χ0n) is 7.99. The van der Waals surface area contributed by atoms with Crippen molar-refractivity contribution in [2.45, 2.75) is 12.8 Å². The quantitative estimate of drug-likeness (QED) is 0.601. The maximum absolute atomic E-state index is 5.62. The maximum atomic E-state index is 5.62. The van der Waals surface area contributed by atoms with E-state index in [2.05, 4.69) is 36.4 Å². The Bertz CT molecular complexity index is 419. The third-order valence-corrected chi connectivity index (χ3v) is 2.81. The monoisotopic (exact) mass is 184 g/mol. The van der Waals surface area contributed by atoms with Gasteiger partial charge in [-0.05, 0) is 17.5 Å². The molecule has 3 rings (SSSR count). The molecule has 0 N–H and O–H groups in total. The van der Waals surface area contributed by atoms with Crippen LogP contribution in [0.25, 0.3) is 11.6 Å². The molecule has 0 radical (unpaired) electrons. The molecule has 0 aromatic heterocycles. The summed E-state index contributed by atoms with van der Waals surface area (Å²) in [6, 6.07) is 8.47. The second kappa shape index (κ2) is 3.02. The lowest BCUT2D eigenvalue weighted by molar-refractivity contribution is 0.265. The molecule has 1 aromatic rings. The first kappa shape index (κ1) is 7.86. The molecule has 1 heterocycles. The van der Waals surface area contributed by atoms with Gasteiger partial charge in [-0.15, -0.1) is 0 Å². The summed E-state index contributed by atoms with van der Waals surface area (Å²) in [7, 11) is 0. The summed E-state index contributed by atoms with van der Waals surface area (Å²) >= 11 is 0. The average Bonchev–Trinajstić information content (AvgIpc) is 2.85. The van der Waals surface area contributed by atoms with Gasteiger partial charge in [-0.1, -0.05) is 36.4 Å². The van der Waals surface area contributed by atoms with Crippen molar-refractivity contribution in [3.8, 4) is 0 Å². The van der Waals surface area contributed by atoms with E-state index < -0.39 is 0 Å². The first-order valence-electron chi connectivity index (χ1n) is 5.08. The number of benzene rings is 1. The third-order valence-electron chi connectivity index (χ3n) is 2.81. The Balaban J connectivity index is 2.13. The standard InChI is InChI=1S/C13H12O/c1-2-5-11-10(4-1)7-8-12(11)13-6-3-9-14-13/h1-2,4-5,7-8H,3,6,9H2. The molecular formula is C13H12O. The Labute approximate surface area is 83.7 Å². The summed E-state index contributed by atoms with van der Waals surface area (Å²) in [5, 5.41) is 0. The van der Waals surface area contributed by atoms with Crippen molar-refractivity contribution in [2.75, 3.05) is 6.61 Å². The van der Waals surface area contributed by atoms with E-state index >= 15 is 0 Å². The van der Waals surface area contributed by atoms with E-state index in [1.165, 1.54) is 22.5 Å². The molecule has 1 heteroatoms. The molecule has 0 saturated carbocycles. The molecular weight excluding hydrogens is 172 g/mol. The van der Waals surface area contributed by atoms with Crippen molar-refractivity contribution in [2.24, 2.45) is 0 Å². The second-order valence-corrected chi connectivity index (χ2v) is 3.71. The number of ether oxygens (including phenoxy) is 1. The van der Waals surface area contributed by atoms with Crippen LogP contribution < -0.4 is 0 Å². The minimum absolute atomic E-state index is 0.884. The highest BCUT2D eigenvalue weighted by Gasteiger charge is 2.18. The smallest absolute Gasteiger partial charge is 0.104 e. The van der Waals surface area contributed by atoms with Crippen molar-refractivity contribution in [1.82, 2.24) is 0 Å². The van der Waals surface area contributed by atoms with Crippen LogP contribution in [0, 0.1) is 0 Å². The summed E-state index contributed by atoms with van der Waals surface area (Å²) in [5.41, 5.74) is 3.92. The van der Waals surface area contributed by atoms with E-state index in [0.29, 0.717) is 0 Å². The fourth-order valence-corrected chi connectivity index (χ4v) is 2.11. The molecule has 1 aliphatic carbocycles. The third kappa shape index (κ3) is 1.09. The summed E-state index contributed by atoms with van der Waals surface area (Å²) in [6.07, 6.45) is 6.59. The van der Waals surface area contributed by atoms with Crippen LogP contribution in [0.5, 0.6) is 0 Å². The van der Waals surface area contributed by atoms with Crippen LogP contribution in [-0.2, 0) is 4.74 Å². The number of allylic oxidation sites excluding steroid dienone is 3. The Kier molecular flexibility index (Phi) is 1.69. The van der Waals surface area contributed by atoms with Crippen molar-refractivity contribution in [1.29, 1.82) is 0 Å². The fourth-order valence-electron chi connectivity index (χ4n) is 2.11. The zero-order chi connectivity index (χ0) is 9.38. The minimum atomic E-state index is 0.884. The van der Waals surface area contributed by atoms with E-state index in [9.17, 15) is 0 Å². The van der Waals surface area contributed by atoms with Crippen molar-refractivity contribution < 1.29 is 4.74 Å². The molecule has 0 atom stereocenters. The van der Waals surface area contributed by atoms with Crippen molar-refractivity contribution >= 4 is 11.6 Å². The molecule has 0 unspecified atom stereocenters. The molecule has 0 amide bonds. The summed E-state index contributed by atoms with van der Waals surface area (Å²) < 4.78 is 5.62. The molecule has 1 aromatic carbocycles. The van der Waals surface area contributed by atoms with E-state index in [0.717, 1.165) is 19.4 Å². The number of fused-ring (bicyclic) bond motifs is 1. The molecule has 1 aliphatic heterocycles. The normalized spacial score (nSPS) is 23.7. The summed E-state index contributed by atoms with van der Waals surface area (Å²) in [4.78, 5) is 0. The van der Waals surface area contributed by atoms with E-state index in [4.69, 9.17) is 4.74 Å². The molecule has 0 bridgehead atoms. The van der Waals surface area contributed by atoms with Crippen molar-refractivity contribution in [3.05, 3.63) is 47.2 Å². The largest absolute Gasteiger partial charge is 0.497 e. The topological polar surface area (TPSA) is 9.23 Å². The maximum Gasteiger partial charge on any atom is 0.104 e. The Morgan fingerprint density at radius 2 is 2.00 bits per heavy atom. The predicted molar refractivity (Wildman–Crippen MR) is 57.6 cm³/mol. The van der Waals surface area contributed by atoms with Crippen LogP contribution in [0.4, 0.5) is 0 Å². The van der Waals surface area contributed by atoms with Gasteiger partial charge < -0.3 is 4.74 Å². The predicted octanol–water partition coefficient (Wildman–Crippen LogP) is 3.23. The lowest BCUT2D eigenvalue weighted by Crippen LogP contribution is -1.86. The number of hydrogen-bond donors (Lipinski definition) is 0. The summed E-state index contributed by atoms with van der Waals surface area (Å²) in [6.45, 7) is 0.884. The van der Waals surface area contributed by atoms with Gasteiger partial charge >= 0.3 is 0 Å². The van der Waals surface area contributed by atoms with Crippen LogP contribution in [0.2, 0.25) is 0 Å². The lowest BCUT2D eigenvalue weighted by atomic mass is 10.0. The average molecular weight is 184 g/mol. The molecule has 70 valence electrons. The molecule has 1 nitrogen and oxygen atoms in total. The van der Waals surface area contributed by atoms with Gasteiger partial charge in [-0.2, -0.15) is 0 Å². The van der Waals surface area contributed by atoms with Crippen LogP contribution in [0.3, 0.4) is 0 Å². The highest BCUT2D eigenvalue weighted by Crippen LogP contribution is 2.34. The number of rotatable bonds is 0. The van der Waals surface area contributed by atoms with Gasteiger partial charge in [0.15, 0.2) is 0 Å². The van der Waals surface area contributed by atoms with E-state index in [1.807, 2.05) is 0 Å². The fraction of sp³-hybridized carbons (Fsp3) is 0.231. The Hall–Kier alpha value is -1.50. The lowest BCUT2D eigenvalue weighted by Gasteiger charge is -2.04. The molecule has 1 fully saturated rings. The van der Waals surface area contributed by atoms with Gasteiger partial charge in [0, 0.05) is 12.0 Å². The van der Waals surface area contributed by atoms with E-state index in [1.54, 1.807) is 0 Å². The van der Waals surface area contributed by atoms with Gasteiger partial charge in [0.1, 0.15) is 5.76 Å². The van der Waals surface area contributed by atoms with Gasteiger partial charge in [-0.3, -0.25) is 0 Å². The first-order chi connectivity index (χ1) is 6.95. The highest BCUT2D eigenvalue weighted by molar-refractivity contribution is 5.90. The van der Waals surface area contributed by atoms with Crippen LogP contribution in [0.15, 0.2) is 36.1 Å². The van der Waals surface area contributed by atoms with Gasteiger partial charge in [0.05, 0.1) is 6.61 Å². The van der Waals surface area contributed by atoms with Crippen LogP contribution >= 0.6 is 0 Å².